The smallest absolute Gasteiger partial charge is 0.419 e. The fourth-order valence-electron chi connectivity index (χ4n) is 2.60. The number of ether oxygens (including phenoxy) is 1. The van der Waals surface area contributed by atoms with Gasteiger partial charge in [0.25, 0.3) is 0 Å². The van der Waals surface area contributed by atoms with Crippen LogP contribution in [-0.4, -0.2) is 18.7 Å². The van der Waals surface area contributed by atoms with E-state index >= 15 is 0 Å². The lowest BCUT2D eigenvalue weighted by Gasteiger charge is -2.24. The van der Waals surface area contributed by atoms with Gasteiger partial charge in [0, 0.05) is 6.04 Å². The first-order chi connectivity index (χ1) is 9.52. The number of hydrogen-bond donors (Lipinski definition) is 1. The van der Waals surface area contributed by atoms with Crippen LogP contribution >= 0.6 is 0 Å². The van der Waals surface area contributed by atoms with Crippen molar-refractivity contribution >= 4 is 0 Å². The number of rotatable bonds is 5. The molecule has 112 valence electrons. The second-order valence-corrected chi connectivity index (χ2v) is 5.14. The number of para-hydroxylation sites is 1. The standard InChI is InChI=1S/C15H20F3NO/c1-2-10-19-12-7-5-9-14(12)20-13-8-4-3-6-11(13)15(16,17)18/h3-4,6,8,12,14,19H,2,5,7,9-10H2,1H3. The molecule has 1 fully saturated rings. The predicted molar refractivity (Wildman–Crippen MR) is 71.8 cm³/mol. The average Bonchev–Trinajstić information content (AvgIpc) is 2.83. The van der Waals surface area contributed by atoms with Crippen LogP contribution in [0.15, 0.2) is 24.3 Å². The zero-order chi connectivity index (χ0) is 14.6. The van der Waals surface area contributed by atoms with E-state index in [4.69, 9.17) is 4.74 Å². The maximum atomic E-state index is 12.9. The van der Waals surface area contributed by atoms with Gasteiger partial charge in [0.2, 0.25) is 0 Å². The lowest BCUT2D eigenvalue weighted by Crippen LogP contribution is -2.39. The van der Waals surface area contributed by atoms with E-state index < -0.39 is 11.7 Å². The summed E-state index contributed by atoms with van der Waals surface area (Å²) < 4.78 is 44.4. The van der Waals surface area contributed by atoms with E-state index in [-0.39, 0.29) is 17.9 Å². The highest BCUT2D eigenvalue weighted by Crippen LogP contribution is 2.37. The Labute approximate surface area is 117 Å². The van der Waals surface area contributed by atoms with Gasteiger partial charge in [0.15, 0.2) is 0 Å². The van der Waals surface area contributed by atoms with E-state index in [0.717, 1.165) is 38.3 Å². The molecule has 0 amide bonds. The summed E-state index contributed by atoms with van der Waals surface area (Å²) in [5.41, 5.74) is -0.693. The highest BCUT2D eigenvalue weighted by molar-refractivity contribution is 5.35. The zero-order valence-electron chi connectivity index (χ0n) is 11.5. The van der Waals surface area contributed by atoms with E-state index in [1.54, 1.807) is 6.07 Å². The molecule has 0 aromatic heterocycles. The minimum Gasteiger partial charge on any atom is -0.488 e. The van der Waals surface area contributed by atoms with E-state index in [0.29, 0.717) is 0 Å². The van der Waals surface area contributed by atoms with E-state index in [9.17, 15) is 13.2 Å². The summed E-state index contributed by atoms with van der Waals surface area (Å²) in [6.45, 7) is 2.93. The molecule has 2 nitrogen and oxygen atoms in total. The summed E-state index contributed by atoms with van der Waals surface area (Å²) in [7, 11) is 0. The first-order valence-corrected chi connectivity index (χ1v) is 7.08. The van der Waals surface area contributed by atoms with Crippen LogP contribution in [0.2, 0.25) is 0 Å². The zero-order valence-corrected chi connectivity index (χ0v) is 11.5. The third kappa shape index (κ3) is 3.66. The molecule has 1 aromatic carbocycles. The first kappa shape index (κ1) is 15.2. The Hall–Kier alpha value is -1.23. The van der Waals surface area contributed by atoms with E-state index in [2.05, 4.69) is 12.2 Å². The summed E-state index contributed by atoms with van der Waals surface area (Å²) in [5.74, 6) is -0.0600. The molecule has 20 heavy (non-hydrogen) atoms. The second kappa shape index (κ2) is 6.48. The molecular weight excluding hydrogens is 267 g/mol. The van der Waals surface area contributed by atoms with E-state index in [1.807, 2.05) is 0 Å². The van der Waals surface area contributed by atoms with Crippen molar-refractivity contribution in [2.75, 3.05) is 6.54 Å². The first-order valence-electron chi connectivity index (χ1n) is 7.08. The highest BCUT2D eigenvalue weighted by atomic mass is 19.4. The SMILES string of the molecule is CCCNC1CCCC1Oc1ccccc1C(F)(F)F. The highest BCUT2D eigenvalue weighted by Gasteiger charge is 2.36. The summed E-state index contributed by atoms with van der Waals surface area (Å²) in [4.78, 5) is 0. The van der Waals surface area contributed by atoms with Crippen molar-refractivity contribution < 1.29 is 17.9 Å². The minimum absolute atomic E-state index is 0.0600. The molecule has 0 bridgehead atoms. The van der Waals surface area contributed by atoms with Gasteiger partial charge in [-0.25, -0.2) is 0 Å². The normalized spacial score (nSPS) is 23.0. The average molecular weight is 287 g/mol. The Kier molecular flexibility index (Phi) is 4.91. The topological polar surface area (TPSA) is 21.3 Å². The van der Waals surface area contributed by atoms with Gasteiger partial charge < -0.3 is 10.1 Å². The molecule has 0 spiro atoms. The Morgan fingerprint density at radius 3 is 2.70 bits per heavy atom. The monoisotopic (exact) mass is 287 g/mol. The molecule has 0 saturated heterocycles. The van der Waals surface area contributed by atoms with Gasteiger partial charge in [-0.05, 0) is 44.4 Å². The van der Waals surface area contributed by atoms with Crippen molar-refractivity contribution in [1.82, 2.24) is 5.32 Å². The molecular formula is C15H20F3NO. The second-order valence-electron chi connectivity index (χ2n) is 5.14. The van der Waals surface area contributed by atoms with Crippen LogP contribution in [0.3, 0.4) is 0 Å². The Morgan fingerprint density at radius 2 is 2.00 bits per heavy atom. The van der Waals surface area contributed by atoms with Crippen molar-refractivity contribution in [2.24, 2.45) is 0 Å². The van der Waals surface area contributed by atoms with Gasteiger partial charge in [-0.1, -0.05) is 19.1 Å². The number of alkyl halides is 3. The molecule has 1 saturated carbocycles. The molecule has 5 heteroatoms. The maximum absolute atomic E-state index is 12.9. The maximum Gasteiger partial charge on any atom is 0.419 e. The third-order valence-corrected chi connectivity index (χ3v) is 3.58. The summed E-state index contributed by atoms with van der Waals surface area (Å²) in [5, 5.41) is 3.35. The Balaban J connectivity index is 2.09. The Morgan fingerprint density at radius 1 is 1.25 bits per heavy atom. The fraction of sp³-hybridized carbons (Fsp3) is 0.600. The van der Waals surface area contributed by atoms with Gasteiger partial charge in [-0.2, -0.15) is 13.2 Å². The summed E-state index contributed by atoms with van der Waals surface area (Å²) in [6.07, 6.45) is -0.804. The third-order valence-electron chi connectivity index (χ3n) is 3.58. The lowest BCUT2D eigenvalue weighted by molar-refractivity contribution is -0.139. The van der Waals surface area contributed by atoms with Crippen LogP contribution in [0, 0.1) is 0 Å². The van der Waals surface area contributed by atoms with E-state index in [1.165, 1.54) is 12.1 Å². The molecule has 0 heterocycles. The van der Waals surface area contributed by atoms with Crippen molar-refractivity contribution in [3.05, 3.63) is 29.8 Å². The molecule has 0 radical (unpaired) electrons. The van der Waals surface area contributed by atoms with Crippen LogP contribution < -0.4 is 10.1 Å². The number of hydrogen-bond acceptors (Lipinski definition) is 2. The van der Waals surface area contributed by atoms with Crippen molar-refractivity contribution in [3.8, 4) is 5.75 Å². The molecule has 2 unspecified atom stereocenters. The van der Waals surface area contributed by atoms with Crippen LogP contribution in [0.1, 0.15) is 38.2 Å². The molecule has 0 aliphatic heterocycles. The molecule has 1 aromatic rings. The summed E-state index contributed by atoms with van der Waals surface area (Å²) in [6, 6.07) is 5.58. The van der Waals surface area contributed by atoms with Crippen molar-refractivity contribution in [1.29, 1.82) is 0 Å². The predicted octanol–water partition coefficient (Wildman–Crippen LogP) is 4.00. The van der Waals surface area contributed by atoms with Gasteiger partial charge in [-0.15, -0.1) is 0 Å². The van der Waals surface area contributed by atoms with Crippen LogP contribution in [0.5, 0.6) is 5.75 Å². The molecule has 1 N–H and O–H groups in total. The van der Waals surface area contributed by atoms with Crippen molar-refractivity contribution in [2.45, 2.75) is 50.9 Å². The molecule has 1 aliphatic rings. The fourth-order valence-corrected chi connectivity index (χ4v) is 2.60. The number of nitrogens with one attached hydrogen (secondary N) is 1. The summed E-state index contributed by atoms with van der Waals surface area (Å²) >= 11 is 0. The van der Waals surface area contributed by atoms with Gasteiger partial charge in [0.05, 0.1) is 5.56 Å². The quantitative estimate of drug-likeness (QED) is 0.883. The lowest BCUT2D eigenvalue weighted by atomic mass is 10.1. The number of halogens is 3. The molecule has 2 rings (SSSR count). The van der Waals surface area contributed by atoms with Crippen LogP contribution in [0.25, 0.3) is 0 Å². The van der Waals surface area contributed by atoms with Crippen LogP contribution in [-0.2, 0) is 6.18 Å². The molecule has 1 aliphatic carbocycles. The largest absolute Gasteiger partial charge is 0.488 e. The van der Waals surface area contributed by atoms with Crippen LogP contribution in [0.4, 0.5) is 13.2 Å². The number of benzene rings is 1. The van der Waals surface area contributed by atoms with Gasteiger partial charge in [0.1, 0.15) is 11.9 Å². The van der Waals surface area contributed by atoms with Gasteiger partial charge in [-0.3, -0.25) is 0 Å². The molecule has 2 atom stereocenters. The van der Waals surface area contributed by atoms with Gasteiger partial charge >= 0.3 is 6.18 Å². The minimum atomic E-state index is -4.37. The Bertz CT molecular complexity index is 433. The van der Waals surface area contributed by atoms with Crippen molar-refractivity contribution in [3.63, 3.8) is 0 Å².